The van der Waals surface area contributed by atoms with Crippen LogP contribution < -0.4 is 10.1 Å². The van der Waals surface area contributed by atoms with Crippen molar-refractivity contribution in [2.75, 3.05) is 11.5 Å². The van der Waals surface area contributed by atoms with Gasteiger partial charge in [-0.1, -0.05) is 12.1 Å². The van der Waals surface area contributed by atoms with Crippen LogP contribution in [0.2, 0.25) is 0 Å². The summed E-state index contributed by atoms with van der Waals surface area (Å²) in [7, 11) is -3.13. The van der Waals surface area contributed by atoms with E-state index in [0.29, 0.717) is 12.0 Å². The molecule has 5 nitrogen and oxygen atoms in total. The molecule has 1 atom stereocenters. The molecule has 1 aliphatic rings. The van der Waals surface area contributed by atoms with Crippen molar-refractivity contribution in [2.24, 2.45) is 0 Å². The quantitative estimate of drug-likeness (QED) is 0.898. The van der Waals surface area contributed by atoms with Gasteiger partial charge < -0.3 is 10.1 Å². The highest BCUT2D eigenvalue weighted by Gasteiger charge is 2.39. The smallest absolute Gasteiger partial charge is 0.406 e. The Hall–Kier alpha value is -1.77. The predicted molar refractivity (Wildman–Crippen MR) is 76.6 cm³/mol. The number of sulfone groups is 1. The molecule has 0 saturated carbocycles. The van der Waals surface area contributed by atoms with E-state index in [1.54, 1.807) is 6.92 Å². The summed E-state index contributed by atoms with van der Waals surface area (Å²) in [6.07, 6.45) is -4.47. The third-order valence-corrected chi connectivity index (χ3v) is 5.37. The van der Waals surface area contributed by atoms with E-state index in [2.05, 4.69) is 10.1 Å². The molecule has 0 radical (unpaired) electrons. The summed E-state index contributed by atoms with van der Waals surface area (Å²) in [5, 5.41) is 2.68. The number of carbonyl (C=O) groups excluding carboxylic acids is 1. The van der Waals surface area contributed by atoms with Gasteiger partial charge in [0, 0.05) is 0 Å². The fourth-order valence-corrected chi connectivity index (χ4v) is 4.58. The highest BCUT2D eigenvalue weighted by Crippen LogP contribution is 2.24. The average molecular weight is 351 g/mol. The predicted octanol–water partition coefficient (Wildman–Crippen LogP) is 1.82. The maximum Gasteiger partial charge on any atom is 0.573 e. The fourth-order valence-electron chi connectivity index (χ4n) is 2.48. The average Bonchev–Trinajstić information content (AvgIpc) is 2.63. The second-order valence-corrected chi connectivity index (χ2v) is 8.00. The maximum absolute atomic E-state index is 12.0. The van der Waals surface area contributed by atoms with Gasteiger partial charge in [0.1, 0.15) is 5.75 Å². The lowest BCUT2D eigenvalue weighted by Gasteiger charge is -2.23. The summed E-state index contributed by atoms with van der Waals surface area (Å²) in [5.41, 5.74) is -0.295. The summed E-state index contributed by atoms with van der Waals surface area (Å²) in [6, 6.07) is 4.96. The lowest BCUT2D eigenvalue weighted by atomic mass is 10.0. The van der Waals surface area contributed by atoms with Crippen molar-refractivity contribution < 1.29 is 31.1 Å². The molecule has 0 spiro atoms. The number of benzene rings is 1. The Labute approximate surface area is 131 Å². The van der Waals surface area contributed by atoms with Crippen LogP contribution in [0.3, 0.4) is 0 Å². The molecule has 23 heavy (non-hydrogen) atoms. The van der Waals surface area contributed by atoms with Gasteiger partial charge in [0.2, 0.25) is 5.91 Å². The van der Waals surface area contributed by atoms with Gasteiger partial charge in [-0.25, -0.2) is 8.42 Å². The minimum atomic E-state index is -4.76. The molecule has 1 N–H and O–H groups in total. The first-order valence-electron chi connectivity index (χ1n) is 6.83. The summed E-state index contributed by atoms with van der Waals surface area (Å²) < 4.78 is 62.8. The number of halogens is 3. The number of nitrogens with one attached hydrogen (secondary N) is 1. The minimum absolute atomic E-state index is 0.0350. The summed E-state index contributed by atoms with van der Waals surface area (Å²) in [6.45, 7) is 1.66. The van der Waals surface area contributed by atoms with Crippen molar-refractivity contribution in [1.29, 1.82) is 0 Å². The highest BCUT2D eigenvalue weighted by atomic mass is 32.2. The topological polar surface area (TPSA) is 72.5 Å². The molecular weight excluding hydrogens is 335 g/mol. The first kappa shape index (κ1) is 17.6. The highest BCUT2D eigenvalue weighted by molar-refractivity contribution is 7.91. The lowest BCUT2D eigenvalue weighted by molar-refractivity contribution is -0.274. The monoisotopic (exact) mass is 351 g/mol. The molecule has 1 saturated heterocycles. The molecule has 2 rings (SSSR count). The molecule has 9 heteroatoms. The third-order valence-electron chi connectivity index (χ3n) is 3.47. The van der Waals surface area contributed by atoms with E-state index in [0.717, 1.165) is 12.1 Å². The van der Waals surface area contributed by atoms with E-state index < -0.39 is 21.7 Å². The second-order valence-electron chi connectivity index (χ2n) is 5.82. The van der Waals surface area contributed by atoms with Crippen LogP contribution in [0.4, 0.5) is 13.2 Å². The first-order valence-corrected chi connectivity index (χ1v) is 8.65. The minimum Gasteiger partial charge on any atom is -0.406 e. The zero-order chi connectivity index (χ0) is 17.3. The van der Waals surface area contributed by atoms with Gasteiger partial charge >= 0.3 is 6.36 Å². The molecule has 1 aromatic rings. The van der Waals surface area contributed by atoms with E-state index in [1.807, 2.05) is 0 Å². The molecule has 1 amide bonds. The van der Waals surface area contributed by atoms with Crippen LogP contribution in [0.5, 0.6) is 5.75 Å². The number of carbonyl (C=O) groups is 1. The molecule has 128 valence electrons. The number of hydrogen-bond acceptors (Lipinski definition) is 4. The van der Waals surface area contributed by atoms with Crippen molar-refractivity contribution in [3.63, 3.8) is 0 Å². The molecule has 1 heterocycles. The van der Waals surface area contributed by atoms with Gasteiger partial charge in [-0.2, -0.15) is 0 Å². The van der Waals surface area contributed by atoms with Crippen molar-refractivity contribution in [3.05, 3.63) is 29.8 Å². The van der Waals surface area contributed by atoms with Crippen LogP contribution in [0.15, 0.2) is 24.3 Å². The molecule has 1 fully saturated rings. The zero-order valence-electron chi connectivity index (χ0n) is 12.3. The van der Waals surface area contributed by atoms with Gasteiger partial charge in [-0.05, 0) is 31.0 Å². The summed E-state index contributed by atoms with van der Waals surface area (Å²) >= 11 is 0. The van der Waals surface area contributed by atoms with E-state index >= 15 is 0 Å². The zero-order valence-corrected chi connectivity index (χ0v) is 13.1. The third kappa shape index (κ3) is 5.42. The Morgan fingerprint density at radius 3 is 2.39 bits per heavy atom. The number of rotatable bonds is 4. The largest absolute Gasteiger partial charge is 0.573 e. The Kier molecular flexibility index (Phi) is 4.61. The van der Waals surface area contributed by atoms with Crippen molar-refractivity contribution in [2.45, 2.75) is 31.7 Å². The molecule has 0 bridgehead atoms. The molecule has 0 aromatic heterocycles. The van der Waals surface area contributed by atoms with Crippen LogP contribution in [0, 0.1) is 0 Å². The van der Waals surface area contributed by atoms with Crippen LogP contribution >= 0.6 is 0 Å². The van der Waals surface area contributed by atoms with Gasteiger partial charge in [0.25, 0.3) is 0 Å². The Balaban J connectivity index is 1.93. The van der Waals surface area contributed by atoms with Gasteiger partial charge in [0.05, 0.1) is 23.5 Å². The van der Waals surface area contributed by atoms with E-state index in [9.17, 15) is 26.4 Å². The number of hydrogen-bond donors (Lipinski definition) is 1. The number of ether oxygens (including phenoxy) is 1. The van der Waals surface area contributed by atoms with E-state index in [1.165, 1.54) is 12.1 Å². The van der Waals surface area contributed by atoms with Crippen LogP contribution in [-0.2, 0) is 21.1 Å². The van der Waals surface area contributed by atoms with Gasteiger partial charge in [-0.15, -0.1) is 13.2 Å². The molecule has 0 aliphatic carbocycles. The van der Waals surface area contributed by atoms with E-state index in [-0.39, 0.29) is 29.6 Å². The number of amides is 1. The Bertz CT molecular complexity index is 685. The maximum atomic E-state index is 12.0. The van der Waals surface area contributed by atoms with Crippen LogP contribution in [0.1, 0.15) is 18.9 Å². The number of alkyl halides is 3. The SMILES string of the molecule is CC1(NC(=O)Cc2ccc(OC(F)(F)F)cc2)CCS(=O)(=O)C1. The van der Waals surface area contributed by atoms with E-state index in [4.69, 9.17) is 0 Å². The summed E-state index contributed by atoms with van der Waals surface area (Å²) in [5.74, 6) is -0.818. The standard InChI is InChI=1S/C14H16F3NO4S/c1-13(6-7-23(20,21)9-13)18-12(19)8-10-2-4-11(5-3-10)22-14(15,16)17/h2-5H,6-9H2,1H3,(H,18,19). The first-order chi connectivity index (χ1) is 10.5. The van der Waals surface area contributed by atoms with Gasteiger partial charge in [-0.3, -0.25) is 4.79 Å². The summed E-state index contributed by atoms with van der Waals surface area (Å²) in [4.78, 5) is 12.0. The van der Waals surface area contributed by atoms with Gasteiger partial charge in [0.15, 0.2) is 9.84 Å². The Morgan fingerprint density at radius 1 is 1.30 bits per heavy atom. The van der Waals surface area contributed by atoms with Crippen molar-refractivity contribution >= 4 is 15.7 Å². The van der Waals surface area contributed by atoms with Crippen LogP contribution in [0.25, 0.3) is 0 Å². The molecule has 1 aromatic carbocycles. The fraction of sp³-hybridized carbons (Fsp3) is 0.500. The second kappa shape index (κ2) is 6.03. The normalized spacial score (nSPS) is 23.5. The molecular formula is C14H16F3NO4S. The molecule has 1 unspecified atom stereocenters. The Morgan fingerprint density at radius 2 is 1.91 bits per heavy atom. The lowest BCUT2D eigenvalue weighted by Crippen LogP contribution is -2.47. The van der Waals surface area contributed by atoms with Crippen molar-refractivity contribution in [3.8, 4) is 5.75 Å². The van der Waals surface area contributed by atoms with Crippen LogP contribution in [-0.4, -0.2) is 37.7 Å². The van der Waals surface area contributed by atoms with Crippen molar-refractivity contribution in [1.82, 2.24) is 5.32 Å². The molecule has 1 aliphatic heterocycles.